The third-order valence-corrected chi connectivity index (χ3v) is 9.64. The molecule has 0 bridgehead atoms. The van der Waals surface area contributed by atoms with Crippen LogP contribution in [0.1, 0.15) is 0 Å². The van der Waals surface area contributed by atoms with Crippen LogP contribution in [0.2, 0.25) is 0 Å². The molecule has 230 valence electrons. The van der Waals surface area contributed by atoms with Gasteiger partial charge in [-0.05, 0) is 90.5 Å². The lowest BCUT2D eigenvalue weighted by molar-refractivity contribution is 1.29. The maximum atomic E-state index is 2.42. The number of hydrogen-bond acceptors (Lipinski definition) is 1. The minimum Gasteiger partial charge on any atom is -0.310 e. The highest BCUT2D eigenvalue weighted by atomic mass is 15.1. The summed E-state index contributed by atoms with van der Waals surface area (Å²) in [6.07, 6.45) is 0. The van der Waals surface area contributed by atoms with Crippen molar-refractivity contribution in [2.75, 3.05) is 4.90 Å². The van der Waals surface area contributed by atoms with Crippen LogP contribution in [0.15, 0.2) is 200 Å². The molecule has 0 aliphatic heterocycles. The van der Waals surface area contributed by atoms with Crippen molar-refractivity contribution in [3.05, 3.63) is 200 Å². The summed E-state index contributed by atoms with van der Waals surface area (Å²) in [5.41, 5.74) is 10.6. The molecule has 0 amide bonds. The fourth-order valence-corrected chi connectivity index (χ4v) is 7.32. The fourth-order valence-electron chi connectivity index (χ4n) is 7.32. The summed E-state index contributed by atoms with van der Waals surface area (Å²) in [4.78, 5) is 2.42. The van der Waals surface area contributed by atoms with Gasteiger partial charge >= 0.3 is 0 Å². The van der Waals surface area contributed by atoms with E-state index in [4.69, 9.17) is 0 Å². The van der Waals surface area contributed by atoms with E-state index in [0.29, 0.717) is 0 Å². The van der Waals surface area contributed by atoms with E-state index in [1.54, 1.807) is 0 Å². The van der Waals surface area contributed by atoms with Crippen molar-refractivity contribution in [2.24, 2.45) is 0 Å². The zero-order valence-corrected chi connectivity index (χ0v) is 27.0. The quantitative estimate of drug-likeness (QED) is 0.167. The van der Waals surface area contributed by atoms with Gasteiger partial charge in [0.2, 0.25) is 0 Å². The van der Waals surface area contributed by atoms with Crippen molar-refractivity contribution < 1.29 is 0 Å². The largest absolute Gasteiger partial charge is 0.310 e. The van der Waals surface area contributed by atoms with Crippen molar-refractivity contribution in [3.8, 4) is 33.4 Å². The molecule has 0 radical (unpaired) electrons. The third kappa shape index (κ3) is 5.23. The fraction of sp³-hybridized carbons (Fsp3) is 0. The first-order valence-electron chi connectivity index (χ1n) is 16.9. The Morgan fingerprint density at radius 1 is 0.286 bits per heavy atom. The lowest BCUT2D eigenvalue weighted by Gasteiger charge is -2.29. The highest BCUT2D eigenvalue weighted by molar-refractivity contribution is 6.10. The van der Waals surface area contributed by atoms with Crippen LogP contribution in [-0.2, 0) is 0 Å². The van der Waals surface area contributed by atoms with Gasteiger partial charge in [-0.15, -0.1) is 0 Å². The van der Waals surface area contributed by atoms with Crippen molar-refractivity contribution in [1.29, 1.82) is 0 Å². The standard InChI is InChI=1S/C48H33N/c1-3-13-34(14-4-1)35-27-29-40(30-28-35)49(41-31-32-43-39(33-41)26-25-37-17-7-8-20-42(37)43)47-24-10-9-21-45(47)46-23-12-19-38-18-11-22-44(48(38)46)36-15-5-2-6-16-36/h1-33H. The summed E-state index contributed by atoms with van der Waals surface area (Å²) in [5, 5.41) is 7.49. The summed E-state index contributed by atoms with van der Waals surface area (Å²) in [7, 11) is 0. The Morgan fingerprint density at radius 3 is 1.63 bits per heavy atom. The van der Waals surface area contributed by atoms with Gasteiger partial charge in [0.25, 0.3) is 0 Å². The van der Waals surface area contributed by atoms with Crippen molar-refractivity contribution in [3.63, 3.8) is 0 Å². The van der Waals surface area contributed by atoms with E-state index in [1.165, 1.54) is 65.7 Å². The van der Waals surface area contributed by atoms with Crippen molar-refractivity contribution in [1.82, 2.24) is 0 Å². The lowest BCUT2D eigenvalue weighted by atomic mass is 9.90. The van der Waals surface area contributed by atoms with Crippen molar-refractivity contribution >= 4 is 49.4 Å². The van der Waals surface area contributed by atoms with Gasteiger partial charge in [-0.25, -0.2) is 0 Å². The number of benzene rings is 9. The molecule has 0 atom stereocenters. The molecular weight excluding hydrogens is 591 g/mol. The Balaban J connectivity index is 1.27. The molecule has 9 aromatic carbocycles. The zero-order chi connectivity index (χ0) is 32.6. The molecule has 0 aromatic heterocycles. The Kier molecular flexibility index (Phi) is 7.22. The average molecular weight is 624 g/mol. The predicted octanol–water partition coefficient (Wildman–Crippen LogP) is 13.6. The molecule has 9 aromatic rings. The number of para-hydroxylation sites is 1. The van der Waals surface area contributed by atoms with Crippen LogP contribution in [0, 0.1) is 0 Å². The molecule has 0 aliphatic rings. The lowest BCUT2D eigenvalue weighted by Crippen LogP contribution is -2.11. The van der Waals surface area contributed by atoms with Gasteiger partial charge in [0.15, 0.2) is 0 Å². The van der Waals surface area contributed by atoms with Crippen LogP contribution in [0.25, 0.3) is 65.7 Å². The van der Waals surface area contributed by atoms with Gasteiger partial charge in [-0.2, -0.15) is 0 Å². The third-order valence-electron chi connectivity index (χ3n) is 9.64. The zero-order valence-electron chi connectivity index (χ0n) is 27.0. The van der Waals surface area contributed by atoms with E-state index in [1.807, 2.05) is 0 Å². The molecule has 0 aliphatic carbocycles. The molecule has 1 heteroatoms. The van der Waals surface area contributed by atoms with E-state index in [0.717, 1.165) is 17.1 Å². The summed E-state index contributed by atoms with van der Waals surface area (Å²) >= 11 is 0. The van der Waals surface area contributed by atoms with Gasteiger partial charge in [-0.1, -0.05) is 170 Å². The Hall–Kier alpha value is -6.44. The van der Waals surface area contributed by atoms with Crippen LogP contribution in [-0.4, -0.2) is 0 Å². The van der Waals surface area contributed by atoms with E-state index < -0.39 is 0 Å². The highest BCUT2D eigenvalue weighted by Crippen LogP contribution is 2.45. The molecule has 0 saturated heterocycles. The van der Waals surface area contributed by atoms with Gasteiger partial charge in [-0.3, -0.25) is 0 Å². The first kappa shape index (κ1) is 28.8. The highest BCUT2D eigenvalue weighted by Gasteiger charge is 2.20. The first-order valence-corrected chi connectivity index (χ1v) is 16.9. The molecule has 1 nitrogen and oxygen atoms in total. The Morgan fingerprint density at radius 2 is 0.837 bits per heavy atom. The molecular formula is C48H33N. The minimum absolute atomic E-state index is 1.11. The molecule has 0 unspecified atom stereocenters. The summed E-state index contributed by atoms with van der Waals surface area (Å²) in [6.45, 7) is 0. The Labute approximate surface area is 287 Å². The van der Waals surface area contributed by atoms with Crippen LogP contribution in [0.4, 0.5) is 17.1 Å². The topological polar surface area (TPSA) is 3.24 Å². The number of rotatable bonds is 6. The predicted molar refractivity (Wildman–Crippen MR) is 210 cm³/mol. The van der Waals surface area contributed by atoms with E-state index in [-0.39, 0.29) is 0 Å². The summed E-state index contributed by atoms with van der Waals surface area (Å²) in [5.74, 6) is 0. The second-order valence-electron chi connectivity index (χ2n) is 12.5. The average Bonchev–Trinajstić information content (AvgIpc) is 3.18. The molecule has 9 rings (SSSR count). The summed E-state index contributed by atoms with van der Waals surface area (Å²) < 4.78 is 0. The Bertz CT molecular complexity index is 2580. The molecule has 0 heterocycles. The van der Waals surface area contributed by atoms with Crippen molar-refractivity contribution in [2.45, 2.75) is 0 Å². The number of fused-ring (bicyclic) bond motifs is 4. The second-order valence-corrected chi connectivity index (χ2v) is 12.5. The van der Waals surface area contributed by atoms with Crippen LogP contribution < -0.4 is 4.90 Å². The molecule has 0 spiro atoms. The van der Waals surface area contributed by atoms with Gasteiger partial charge < -0.3 is 4.90 Å². The molecule has 0 saturated carbocycles. The first-order chi connectivity index (χ1) is 24.3. The number of anilines is 3. The van der Waals surface area contributed by atoms with Gasteiger partial charge in [0.1, 0.15) is 0 Å². The van der Waals surface area contributed by atoms with E-state index >= 15 is 0 Å². The number of nitrogens with zero attached hydrogens (tertiary/aromatic N) is 1. The molecule has 0 fully saturated rings. The van der Waals surface area contributed by atoms with Gasteiger partial charge in [0, 0.05) is 16.9 Å². The maximum Gasteiger partial charge on any atom is 0.0540 e. The second kappa shape index (κ2) is 12.3. The van der Waals surface area contributed by atoms with Crippen LogP contribution in [0.3, 0.4) is 0 Å². The van der Waals surface area contributed by atoms with Crippen LogP contribution in [0.5, 0.6) is 0 Å². The van der Waals surface area contributed by atoms with E-state index in [2.05, 4.69) is 205 Å². The number of hydrogen-bond donors (Lipinski definition) is 0. The monoisotopic (exact) mass is 623 g/mol. The SMILES string of the molecule is c1ccc(-c2ccc(N(c3ccc4c(ccc5ccccc54)c3)c3ccccc3-c3cccc4cccc(-c5ccccc5)c34)cc2)cc1. The van der Waals surface area contributed by atoms with Gasteiger partial charge in [0.05, 0.1) is 5.69 Å². The maximum absolute atomic E-state index is 2.42. The summed E-state index contributed by atoms with van der Waals surface area (Å²) in [6, 6.07) is 72.5. The normalized spacial score (nSPS) is 11.3. The molecule has 49 heavy (non-hydrogen) atoms. The van der Waals surface area contributed by atoms with E-state index in [9.17, 15) is 0 Å². The molecule has 0 N–H and O–H groups in total. The van der Waals surface area contributed by atoms with Crippen LogP contribution >= 0.6 is 0 Å². The minimum atomic E-state index is 1.11. The smallest absolute Gasteiger partial charge is 0.0540 e.